The number of nitrogens with zero attached hydrogens (tertiary/aromatic N) is 3. The van der Waals surface area contributed by atoms with Crippen molar-refractivity contribution in [2.45, 2.75) is 19.1 Å². The van der Waals surface area contributed by atoms with Gasteiger partial charge in [0, 0.05) is 37.2 Å². The van der Waals surface area contributed by atoms with E-state index in [2.05, 4.69) is 31.2 Å². The zero-order valence-corrected chi connectivity index (χ0v) is 16.7. The normalized spacial score (nSPS) is 11.6. The Balaban J connectivity index is 1.43. The summed E-state index contributed by atoms with van der Waals surface area (Å²) in [5, 5.41) is 13.8. The smallest absolute Gasteiger partial charge is 0.276 e. The van der Waals surface area contributed by atoms with E-state index in [1.165, 1.54) is 0 Å². The van der Waals surface area contributed by atoms with Crippen LogP contribution >= 0.6 is 0 Å². The minimum absolute atomic E-state index is 0.348. The molecule has 2 aromatic heterocycles. The van der Waals surface area contributed by atoms with E-state index in [0.29, 0.717) is 29.9 Å². The molecule has 0 aliphatic carbocycles. The highest BCUT2D eigenvalue weighted by Gasteiger charge is 2.19. The number of para-hydroxylation sites is 1. The Bertz CT molecular complexity index is 1090. The van der Waals surface area contributed by atoms with Crippen LogP contribution in [0.5, 0.6) is 0 Å². The van der Waals surface area contributed by atoms with E-state index in [1.807, 2.05) is 60.7 Å². The van der Waals surface area contributed by atoms with Crippen LogP contribution in [0, 0.1) is 0 Å². The van der Waals surface area contributed by atoms with Crippen LogP contribution in [0.2, 0.25) is 0 Å². The number of H-pyrrole nitrogens is 1. The molecule has 1 unspecified atom stereocenters. The van der Waals surface area contributed by atoms with Crippen LogP contribution in [0.4, 0.5) is 5.69 Å². The fourth-order valence-electron chi connectivity index (χ4n) is 3.12. The number of carbonyl (C=O) groups excluding carboxylic acids is 1. The zero-order chi connectivity index (χ0) is 21.3. The summed E-state index contributed by atoms with van der Waals surface area (Å²) in [5.41, 5.74) is 6.50. The molecule has 8 nitrogen and oxygen atoms in total. The van der Waals surface area contributed by atoms with Crippen LogP contribution in [0.3, 0.4) is 0 Å². The van der Waals surface area contributed by atoms with Crippen LogP contribution in [-0.4, -0.2) is 26.3 Å². The quantitative estimate of drug-likeness (QED) is 0.362. The van der Waals surface area contributed by atoms with Gasteiger partial charge >= 0.3 is 0 Å². The van der Waals surface area contributed by atoms with Gasteiger partial charge in [-0.25, -0.2) is 5.48 Å². The molecule has 4 aromatic rings. The van der Waals surface area contributed by atoms with E-state index in [4.69, 9.17) is 4.84 Å². The van der Waals surface area contributed by atoms with Crippen molar-refractivity contribution in [3.63, 3.8) is 0 Å². The van der Waals surface area contributed by atoms with Gasteiger partial charge in [0.05, 0.1) is 5.56 Å². The zero-order valence-electron chi connectivity index (χ0n) is 16.7. The first kappa shape index (κ1) is 20.2. The predicted molar refractivity (Wildman–Crippen MR) is 116 cm³/mol. The molecular weight excluding hydrogens is 392 g/mol. The Morgan fingerprint density at radius 3 is 2.52 bits per heavy atom. The molecule has 8 heteroatoms. The largest absolute Gasteiger partial charge is 0.380 e. The summed E-state index contributed by atoms with van der Waals surface area (Å²) in [6.07, 6.45) is 5.18. The van der Waals surface area contributed by atoms with Crippen molar-refractivity contribution in [1.82, 2.24) is 25.9 Å². The summed E-state index contributed by atoms with van der Waals surface area (Å²) in [6, 6.07) is 21.0. The molecule has 2 heterocycles. The van der Waals surface area contributed by atoms with Gasteiger partial charge in [0.2, 0.25) is 0 Å². The fourth-order valence-corrected chi connectivity index (χ4v) is 3.12. The standard InChI is InChI=1S/C23H22N6O2/c30-23(19-8-4-5-9-20(19)25-15-18-10-12-24-13-11-18)28-31-22(21-16-26-29-27-21)14-17-6-2-1-3-7-17/h1-13,16,22,25H,14-15H2,(H,28,30)(H,26,27,29). The van der Waals surface area contributed by atoms with Gasteiger partial charge in [-0.1, -0.05) is 47.7 Å². The van der Waals surface area contributed by atoms with E-state index >= 15 is 0 Å². The highest BCUT2D eigenvalue weighted by atomic mass is 16.7. The first-order valence-corrected chi connectivity index (χ1v) is 9.87. The molecular formula is C23H22N6O2. The minimum Gasteiger partial charge on any atom is -0.380 e. The maximum absolute atomic E-state index is 12.9. The van der Waals surface area contributed by atoms with Gasteiger partial charge in [0.15, 0.2) is 0 Å². The van der Waals surface area contributed by atoms with Gasteiger partial charge in [-0.15, -0.1) is 5.10 Å². The molecule has 4 rings (SSSR count). The van der Waals surface area contributed by atoms with Gasteiger partial charge in [0.25, 0.3) is 5.91 Å². The molecule has 0 saturated carbocycles. The van der Waals surface area contributed by atoms with Gasteiger partial charge in [-0.05, 0) is 35.4 Å². The second kappa shape index (κ2) is 10.1. The maximum atomic E-state index is 12.9. The predicted octanol–water partition coefficient (Wildman–Crippen LogP) is 3.46. The number of aromatic nitrogens is 4. The van der Waals surface area contributed by atoms with Crippen LogP contribution in [0.25, 0.3) is 0 Å². The number of benzene rings is 2. The molecule has 0 aliphatic heterocycles. The molecule has 0 bridgehead atoms. The van der Waals surface area contributed by atoms with Gasteiger partial charge in [-0.3, -0.25) is 19.7 Å². The van der Waals surface area contributed by atoms with Gasteiger partial charge < -0.3 is 5.32 Å². The van der Waals surface area contributed by atoms with E-state index in [9.17, 15) is 4.79 Å². The molecule has 31 heavy (non-hydrogen) atoms. The van der Waals surface area contributed by atoms with Crippen LogP contribution in [0.15, 0.2) is 85.3 Å². The van der Waals surface area contributed by atoms with Gasteiger partial charge in [-0.2, -0.15) is 0 Å². The number of amides is 1. The van der Waals surface area contributed by atoms with Crippen LogP contribution < -0.4 is 10.8 Å². The molecule has 1 atom stereocenters. The Morgan fingerprint density at radius 2 is 1.74 bits per heavy atom. The lowest BCUT2D eigenvalue weighted by Gasteiger charge is -2.17. The third-order valence-corrected chi connectivity index (χ3v) is 4.73. The lowest BCUT2D eigenvalue weighted by Crippen LogP contribution is -2.28. The lowest BCUT2D eigenvalue weighted by molar-refractivity contribution is -0.0190. The summed E-state index contributed by atoms with van der Waals surface area (Å²) >= 11 is 0. The molecule has 0 aliphatic rings. The Hall–Kier alpha value is -4.04. The van der Waals surface area contributed by atoms with Crippen LogP contribution in [0.1, 0.15) is 33.3 Å². The molecule has 0 fully saturated rings. The van der Waals surface area contributed by atoms with Crippen molar-refractivity contribution < 1.29 is 9.63 Å². The van der Waals surface area contributed by atoms with Crippen molar-refractivity contribution >= 4 is 11.6 Å². The summed E-state index contributed by atoms with van der Waals surface area (Å²) in [4.78, 5) is 22.7. The first-order valence-electron chi connectivity index (χ1n) is 9.87. The number of aromatic amines is 1. The number of hydroxylamine groups is 1. The number of pyridine rings is 1. The van der Waals surface area contributed by atoms with E-state index in [-0.39, 0.29) is 5.91 Å². The lowest BCUT2D eigenvalue weighted by atomic mass is 10.1. The Kier molecular flexibility index (Phi) is 6.61. The van der Waals surface area contributed by atoms with Crippen molar-refractivity contribution in [2.24, 2.45) is 0 Å². The summed E-state index contributed by atoms with van der Waals surface area (Å²) in [7, 11) is 0. The summed E-state index contributed by atoms with van der Waals surface area (Å²) in [5.74, 6) is -0.348. The monoisotopic (exact) mass is 414 g/mol. The van der Waals surface area contributed by atoms with Crippen molar-refractivity contribution in [3.8, 4) is 0 Å². The van der Waals surface area contributed by atoms with Gasteiger partial charge in [0.1, 0.15) is 11.8 Å². The topological polar surface area (TPSA) is 105 Å². The number of nitrogens with one attached hydrogen (secondary N) is 3. The summed E-state index contributed by atoms with van der Waals surface area (Å²) < 4.78 is 0. The first-order chi connectivity index (χ1) is 15.3. The highest BCUT2D eigenvalue weighted by Crippen LogP contribution is 2.20. The maximum Gasteiger partial charge on any atom is 0.276 e. The molecule has 0 saturated heterocycles. The molecule has 2 aromatic carbocycles. The average Bonchev–Trinajstić information content (AvgIpc) is 3.37. The number of anilines is 1. The Labute approximate surface area is 179 Å². The van der Waals surface area contributed by atoms with Crippen molar-refractivity contribution in [1.29, 1.82) is 0 Å². The number of carbonyl (C=O) groups is 1. The number of hydrogen-bond donors (Lipinski definition) is 3. The molecule has 1 amide bonds. The molecule has 156 valence electrons. The number of rotatable bonds is 9. The average molecular weight is 414 g/mol. The van der Waals surface area contributed by atoms with Crippen molar-refractivity contribution in [3.05, 3.63) is 108 Å². The van der Waals surface area contributed by atoms with E-state index < -0.39 is 6.10 Å². The van der Waals surface area contributed by atoms with E-state index in [0.717, 1.165) is 11.1 Å². The highest BCUT2D eigenvalue weighted by molar-refractivity contribution is 5.99. The van der Waals surface area contributed by atoms with Crippen LogP contribution in [-0.2, 0) is 17.8 Å². The minimum atomic E-state index is -0.484. The second-order valence-corrected chi connectivity index (χ2v) is 6.88. The SMILES string of the molecule is O=C(NOC(Cc1ccccc1)c1c[nH]nn1)c1ccccc1NCc1ccncc1. The molecule has 3 N–H and O–H groups in total. The third kappa shape index (κ3) is 5.52. The fraction of sp³-hybridized carbons (Fsp3) is 0.130. The molecule has 0 spiro atoms. The second-order valence-electron chi connectivity index (χ2n) is 6.88. The third-order valence-electron chi connectivity index (χ3n) is 4.73. The summed E-state index contributed by atoms with van der Waals surface area (Å²) in [6.45, 7) is 0.573. The van der Waals surface area contributed by atoms with Crippen molar-refractivity contribution in [2.75, 3.05) is 5.32 Å². The Morgan fingerprint density at radius 1 is 0.968 bits per heavy atom. The van der Waals surface area contributed by atoms with E-state index in [1.54, 1.807) is 24.7 Å². The number of hydrogen-bond acceptors (Lipinski definition) is 6. The molecule has 0 radical (unpaired) electrons.